The Morgan fingerprint density at radius 2 is 1.90 bits per heavy atom. The number of oxime groups is 1. The summed E-state index contributed by atoms with van der Waals surface area (Å²) in [6.45, 7) is 3.38. The Labute approximate surface area is 121 Å². The van der Waals surface area contributed by atoms with E-state index in [9.17, 15) is 13.2 Å². The Balaban J connectivity index is 2.73. The summed E-state index contributed by atoms with van der Waals surface area (Å²) >= 11 is 0. The van der Waals surface area contributed by atoms with Crippen molar-refractivity contribution in [3.63, 3.8) is 0 Å². The van der Waals surface area contributed by atoms with Crippen molar-refractivity contribution in [1.82, 2.24) is 0 Å². The first kappa shape index (κ1) is 17.1. The van der Waals surface area contributed by atoms with Crippen molar-refractivity contribution >= 4 is 5.84 Å². The summed E-state index contributed by atoms with van der Waals surface area (Å²) in [4.78, 5) is 0. The first-order valence-corrected chi connectivity index (χ1v) is 6.56. The lowest BCUT2D eigenvalue weighted by Crippen LogP contribution is -2.40. The maximum absolute atomic E-state index is 12.7. The molecule has 0 bridgehead atoms. The SMILES string of the molecule is CCC(C)c1ccc(OCC(/C(N)=N/O)C(F)(F)F)cc1. The Hall–Kier alpha value is -1.92. The molecule has 0 radical (unpaired) electrons. The topological polar surface area (TPSA) is 67.8 Å². The Morgan fingerprint density at radius 3 is 2.33 bits per heavy atom. The summed E-state index contributed by atoms with van der Waals surface area (Å²) in [6.07, 6.45) is -3.66. The van der Waals surface area contributed by atoms with Crippen LogP contribution in [0.15, 0.2) is 29.4 Å². The molecule has 0 aromatic heterocycles. The van der Waals surface area contributed by atoms with Gasteiger partial charge in [0, 0.05) is 0 Å². The van der Waals surface area contributed by atoms with Crippen LogP contribution in [0.4, 0.5) is 13.2 Å². The van der Waals surface area contributed by atoms with Crippen LogP contribution in [0.2, 0.25) is 0 Å². The minimum absolute atomic E-state index is 0.307. The minimum Gasteiger partial charge on any atom is -0.492 e. The number of halogens is 3. The van der Waals surface area contributed by atoms with E-state index in [-0.39, 0.29) is 0 Å². The fraction of sp³-hybridized carbons (Fsp3) is 0.500. The average molecular weight is 304 g/mol. The molecule has 2 unspecified atom stereocenters. The van der Waals surface area contributed by atoms with Crippen molar-refractivity contribution in [3.05, 3.63) is 29.8 Å². The number of hydrogen-bond donors (Lipinski definition) is 2. The molecule has 4 nitrogen and oxygen atoms in total. The van der Waals surface area contributed by atoms with Crippen molar-refractivity contribution in [3.8, 4) is 5.75 Å². The highest BCUT2D eigenvalue weighted by Crippen LogP contribution is 2.28. The smallest absolute Gasteiger partial charge is 0.402 e. The van der Waals surface area contributed by atoms with Gasteiger partial charge in [0.05, 0.1) is 0 Å². The number of rotatable bonds is 6. The second-order valence-corrected chi connectivity index (χ2v) is 4.81. The highest BCUT2D eigenvalue weighted by Gasteiger charge is 2.43. The molecule has 0 heterocycles. The van der Waals surface area contributed by atoms with Gasteiger partial charge in [-0.05, 0) is 30.0 Å². The lowest BCUT2D eigenvalue weighted by Gasteiger charge is -2.19. The number of alkyl halides is 3. The van der Waals surface area contributed by atoms with Crippen LogP contribution >= 0.6 is 0 Å². The number of hydrogen-bond acceptors (Lipinski definition) is 3. The predicted molar refractivity (Wildman–Crippen MR) is 73.6 cm³/mol. The number of benzene rings is 1. The molecular formula is C14H19F3N2O2. The van der Waals surface area contributed by atoms with Gasteiger partial charge in [-0.25, -0.2) is 0 Å². The Bertz CT molecular complexity index is 472. The summed E-state index contributed by atoms with van der Waals surface area (Å²) in [5, 5.41) is 10.8. The van der Waals surface area contributed by atoms with Gasteiger partial charge in [0.25, 0.3) is 0 Å². The molecule has 1 aromatic rings. The molecule has 0 aliphatic heterocycles. The fourth-order valence-electron chi connectivity index (χ4n) is 1.73. The zero-order chi connectivity index (χ0) is 16.0. The van der Waals surface area contributed by atoms with Gasteiger partial charge >= 0.3 is 6.18 Å². The van der Waals surface area contributed by atoms with E-state index in [1.54, 1.807) is 12.1 Å². The summed E-state index contributed by atoms with van der Waals surface area (Å²) in [5.74, 6) is -2.38. The van der Waals surface area contributed by atoms with Crippen molar-refractivity contribution in [2.45, 2.75) is 32.4 Å². The van der Waals surface area contributed by atoms with Gasteiger partial charge in [0.15, 0.2) is 5.84 Å². The molecule has 21 heavy (non-hydrogen) atoms. The highest BCUT2D eigenvalue weighted by molar-refractivity contribution is 5.83. The largest absolute Gasteiger partial charge is 0.492 e. The van der Waals surface area contributed by atoms with E-state index in [2.05, 4.69) is 19.0 Å². The standard InChI is InChI=1S/C14H19F3N2O2/c1-3-9(2)10-4-6-11(7-5-10)21-8-12(13(18)19-20)14(15,16)17/h4-7,9,12,20H,3,8H2,1-2H3,(H2,18,19). The molecular weight excluding hydrogens is 285 g/mol. The van der Waals surface area contributed by atoms with E-state index in [0.29, 0.717) is 11.7 Å². The van der Waals surface area contributed by atoms with E-state index < -0.39 is 24.5 Å². The molecule has 1 aromatic carbocycles. The van der Waals surface area contributed by atoms with Gasteiger partial charge in [-0.2, -0.15) is 13.2 Å². The quantitative estimate of drug-likeness (QED) is 0.366. The summed E-state index contributed by atoms with van der Waals surface area (Å²) in [6, 6.07) is 6.85. The van der Waals surface area contributed by atoms with Crippen LogP contribution in [0, 0.1) is 5.92 Å². The normalized spacial score (nSPS) is 15.6. The molecule has 3 N–H and O–H groups in total. The molecule has 0 aliphatic rings. The first-order valence-electron chi connectivity index (χ1n) is 6.56. The highest BCUT2D eigenvalue weighted by atomic mass is 19.4. The molecule has 2 atom stereocenters. The minimum atomic E-state index is -4.63. The van der Waals surface area contributed by atoms with E-state index in [1.165, 1.54) is 0 Å². The van der Waals surface area contributed by atoms with Crippen molar-refractivity contribution in [2.75, 3.05) is 6.61 Å². The monoisotopic (exact) mass is 304 g/mol. The predicted octanol–water partition coefficient (Wildman–Crippen LogP) is 3.50. The molecule has 0 aliphatic carbocycles. The molecule has 0 saturated carbocycles. The van der Waals surface area contributed by atoms with E-state index in [1.807, 2.05) is 12.1 Å². The maximum Gasteiger partial charge on any atom is 0.402 e. The van der Waals surface area contributed by atoms with Gasteiger partial charge in [-0.1, -0.05) is 31.1 Å². The number of nitrogens with two attached hydrogens (primary N) is 1. The third-order valence-electron chi connectivity index (χ3n) is 3.35. The Kier molecular flexibility index (Phi) is 5.87. The molecule has 0 amide bonds. The summed E-state index contributed by atoms with van der Waals surface area (Å²) < 4.78 is 43.3. The van der Waals surface area contributed by atoms with Crippen LogP contribution < -0.4 is 10.5 Å². The van der Waals surface area contributed by atoms with Gasteiger partial charge in [-0.15, -0.1) is 0 Å². The summed E-state index contributed by atoms with van der Waals surface area (Å²) in [5.41, 5.74) is 6.14. The van der Waals surface area contributed by atoms with Crippen LogP contribution in [-0.4, -0.2) is 23.8 Å². The lowest BCUT2D eigenvalue weighted by atomic mass is 9.99. The van der Waals surface area contributed by atoms with Crippen LogP contribution in [0.1, 0.15) is 31.7 Å². The average Bonchev–Trinajstić information content (AvgIpc) is 2.45. The first-order chi connectivity index (χ1) is 9.79. The van der Waals surface area contributed by atoms with Crippen LogP contribution in [-0.2, 0) is 0 Å². The Morgan fingerprint density at radius 1 is 1.33 bits per heavy atom. The zero-order valence-corrected chi connectivity index (χ0v) is 11.9. The third kappa shape index (κ3) is 4.84. The van der Waals surface area contributed by atoms with E-state index in [4.69, 9.17) is 15.7 Å². The zero-order valence-electron chi connectivity index (χ0n) is 11.9. The van der Waals surface area contributed by atoms with Gasteiger partial charge in [0.2, 0.25) is 0 Å². The van der Waals surface area contributed by atoms with E-state index in [0.717, 1.165) is 12.0 Å². The van der Waals surface area contributed by atoms with Crippen LogP contribution in [0.3, 0.4) is 0 Å². The van der Waals surface area contributed by atoms with Crippen LogP contribution in [0.25, 0.3) is 0 Å². The number of nitrogens with zero attached hydrogens (tertiary/aromatic N) is 1. The molecule has 0 fully saturated rings. The molecule has 0 spiro atoms. The second-order valence-electron chi connectivity index (χ2n) is 4.81. The second kappa shape index (κ2) is 7.19. The molecule has 0 saturated heterocycles. The van der Waals surface area contributed by atoms with Crippen molar-refractivity contribution in [1.29, 1.82) is 0 Å². The van der Waals surface area contributed by atoms with Crippen molar-refractivity contribution in [2.24, 2.45) is 16.8 Å². The number of ether oxygens (including phenoxy) is 1. The molecule has 7 heteroatoms. The maximum atomic E-state index is 12.7. The third-order valence-corrected chi connectivity index (χ3v) is 3.35. The molecule has 118 valence electrons. The van der Waals surface area contributed by atoms with Gasteiger partial charge < -0.3 is 15.7 Å². The van der Waals surface area contributed by atoms with Gasteiger partial charge in [0.1, 0.15) is 18.3 Å². The summed E-state index contributed by atoms with van der Waals surface area (Å²) in [7, 11) is 0. The van der Waals surface area contributed by atoms with Crippen LogP contribution in [0.5, 0.6) is 5.75 Å². The van der Waals surface area contributed by atoms with E-state index >= 15 is 0 Å². The van der Waals surface area contributed by atoms with Gasteiger partial charge in [-0.3, -0.25) is 0 Å². The molecule has 1 rings (SSSR count). The number of amidine groups is 1. The van der Waals surface area contributed by atoms with Crippen molar-refractivity contribution < 1.29 is 23.1 Å². The fourth-order valence-corrected chi connectivity index (χ4v) is 1.73. The lowest BCUT2D eigenvalue weighted by molar-refractivity contribution is -0.162.